The maximum atomic E-state index is 12.9. The molecule has 0 heterocycles. The van der Waals surface area contributed by atoms with Crippen LogP contribution in [0, 0.1) is 0 Å². The van der Waals surface area contributed by atoms with Crippen LogP contribution in [0.2, 0.25) is 0 Å². The molecule has 9 nitrogen and oxygen atoms in total. The lowest BCUT2D eigenvalue weighted by molar-refractivity contribution is -0.870. The van der Waals surface area contributed by atoms with E-state index in [-0.39, 0.29) is 32.2 Å². The molecule has 0 amide bonds. The van der Waals surface area contributed by atoms with Gasteiger partial charge in [-0.15, -0.1) is 0 Å². The molecule has 9 heteroatoms. The normalized spacial score (nSPS) is 13.5. The maximum absolute atomic E-state index is 12.9. The van der Waals surface area contributed by atoms with Gasteiger partial charge in [0.05, 0.1) is 34.4 Å². The number of likely N-dealkylation sites (N-methyl/N-ethyl adjacent to an activating group) is 1. The van der Waals surface area contributed by atoms with E-state index in [0.29, 0.717) is 23.9 Å². The number of carboxylic acid groups (broad SMARTS) is 1. The summed E-state index contributed by atoms with van der Waals surface area (Å²) >= 11 is 0. The highest BCUT2D eigenvalue weighted by atomic mass is 16.7. The Labute approximate surface area is 454 Å². The molecule has 0 aromatic rings. The lowest BCUT2D eigenvalue weighted by Crippen LogP contribution is -2.40. The Bertz CT molecular complexity index is 1530. The number of carbonyl (C=O) groups excluding carboxylic acids is 2. The van der Waals surface area contributed by atoms with Crippen LogP contribution < -0.4 is 0 Å². The van der Waals surface area contributed by atoms with E-state index in [9.17, 15) is 19.5 Å². The number of unbranched alkanes of at least 4 members (excludes halogenated alkanes) is 23. The van der Waals surface area contributed by atoms with E-state index in [4.69, 9.17) is 18.9 Å². The Morgan fingerprint density at radius 3 is 1.16 bits per heavy atom. The van der Waals surface area contributed by atoms with Gasteiger partial charge in [-0.1, -0.05) is 227 Å². The Balaban J connectivity index is 4.25. The van der Waals surface area contributed by atoms with Crippen molar-refractivity contribution in [3.05, 3.63) is 97.2 Å². The number of quaternary nitrogens is 1. The number of allylic oxidation sites excluding steroid dienone is 16. The van der Waals surface area contributed by atoms with Crippen LogP contribution in [0.4, 0.5) is 0 Å². The van der Waals surface area contributed by atoms with E-state index in [1.54, 1.807) is 0 Å². The molecule has 0 fully saturated rings. The van der Waals surface area contributed by atoms with Crippen LogP contribution in [0.15, 0.2) is 97.2 Å². The molecule has 424 valence electrons. The van der Waals surface area contributed by atoms with E-state index < -0.39 is 24.3 Å². The molecule has 0 bridgehead atoms. The number of esters is 2. The SMILES string of the molecule is CC/C=C\C/C=C\C/C=C\C/C=C\C/C=C\C/C=C\C/C=C\CCCCCCCCCCCC(=O)OC(COC(=O)CCCCCCCCC/C=C\CCCCCCCCC)COC(OCC[N+](C)(C)C)C(=O)O. The molecule has 0 radical (unpaired) electrons. The molecule has 0 spiro atoms. The second kappa shape index (κ2) is 55.4. The Hall–Kier alpha value is -3.79. The lowest BCUT2D eigenvalue weighted by atomic mass is 10.1. The Morgan fingerprint density at radius 2 is 0.770 bits per heavy atom. The van der Waals surface area contributed by atoms with Gasteiger partial charge in [0.1, 0.15) is 13.2 Å². The van der Waals surface area contributed by atoms with Crippen molar-refractivity contribution >= 4 is 17.9 Å². The third kappa shape index (κ3) is 55.9. The zero-order chi connectivity index (χ0) is 54.1. The summed E-state index contributed by atoms with van der Waals surface area (Å²) in [5.41, 5.74) is 0. The first-order chi connectivity index (χ1) is 36.1. The maximum Gasteiger partial charge on any atom is 0.361 e. The van der Waals surface area contributed by atoms with E-state index in [2.05, 4.69) is 111 Å². The van der Waals surface area contributed by atoms with Crippen LogP contribution in [0.3, 0.4) is 0 Å². The van der Waals surface area contributed by atoms with Gasteiger partial charge in [0, 0.05) is 12.8 Å². The van der Waals surface area contributed by atoms with Gasteiger partial charge in [-0.2, -0.15) is 0 Å². The van der Waals surface area contributed by atoms with Crippen LogP contribution in [0.25, 0.3) is 0 Å². The molecule has 0 aliphatic heterocycles. The van der Waals surface area contributed by atoms with Crippen molar-refractivity contribution in [3.8, 4) is 0 Å². The first-order valence-corrected chi connectivity index (χ1v) is 29.9. The zero-order valence-corrected chi connectivity index (χ0v) is 48.2. The van der Waals surface area contributed by atoms with Gasteiger partial charge in [-0.25, -0.2) is 4.79 Å². The largest absolute Gasteiger partial charge is 0.477 e. The average Bonchev–Trinajstić information content (AvgIpc) is 3.37. The van der Waals surface area contributed by atoms with Gasteiger partial charge < -0.3 is 28.5 Å². The summed E-state index contributed by atoms with van der Waals surface area (Å²) in [4.78, 5) is 37.4. The minimum Gasteiger partial charge on any atom is -0.477 e. The van der Waals surface area contributed by atoms with Gasteiger partial charge in [0.2, 0.25) is 0 Å². The molecule has 2 unspecified atom stereocenters. The molecule has 0 aliphatic rings. The lowest BCUT2D eigenvalue weighted by Gasteiger charge is -2.25. The van der Waals surface area contributed by atoms with E-state index in [1.807, 2.05) is 21.1 Å². The summed E-state index contributed by atoms with van der Waals surface area (Å²) in [5, 5.41) is 9.71. The molecule has 0 aliphatic carbocycles. The third-order valence-electron chi connectivity index (χ3n) is 12.6. The van der Waals surface area contributed by atoms with Crippen LogP contribution >= 0.6 is 0 Å². The summed E-state index contributed by atoms with van der Waals surface area (Å²) in [6, 6.07) is 0. The van der Waals surface area contributed by atoms with Crippen molar-refractivity contribution < 1.29 is 42.9 Å². The fourth-order valence-electron chi connectivity index (χ4n) is 7.99. The summed E-state index contributed by atoms with van der Waals surface area (Å²) < 4.78 is 22.9. The first kappa shape index (κ1) is 70.2. The minimum atomic E-state index is -1.52. The molecule has 0 saturated carbocycles. The van der Waals surface area contributed by atoms with E-state index in [1.165, 1.54) is 109 Å². The quantitative estimate of drug-likeness (QED) is 0.0211. The van der Waals surface area contributed by atoms with Crippen molar-refractivity contribution in [2.45, 2.75) is 251 Å². The highest BCUT2D eigenvalue weighted by Gasteiger charge is 2.25. The highest BCUT2D eigenvalue weighted by molar-refractivity contribution is 5.71. The molecule has 0 aromatic carbocycles. The van der Waals surface area contributed by atoms with Gasteiger partial charge in [0.25, 0.3) is 6.29 Å². The van der Waals surface area contributed by atoms with Crippen LogP contribution in [0.5, 0.6) is 0 Å². The topological polar surface area (TPSA) is 108 Å². The van der Waals surface area contributed by atoms with Crippen molar-refractivity contribution in [2.24, 2.45) is 0 Å². The van der Waals surface area contributed by atoms with Crippen LogP contribution in [-0.2, 0) is 33.3 Å². The predicted octanol–water partition coefficient (Wildman–Crippen LogP) is 17.7. The van der Waals surface area contributed by atoms with Crippen molar-refractivity contribution in [3.63, 3.8) is 0 Å². The molecular formula is C65H112NO8+. The van der Waals surface area contributed by atoms with Crippen molar-refractivity contribution in [2.75, 3.05) is 47.5 Å². The molecule has 1 N–H and O–H groups in total. The number of carbonyl (C=O) groups is 3. The van der Waals surface area contributed by atoms with Gasteiger partial charge in [-0.05, 0) is 96.3 Å². The highest BCUT2D eigenvalue weighted by Crippen LogP contribution is 2.15. The van der Waals surface area contributed by atoms with Crippen LogP contribution in [-0.4, -0.2) is 87.4 Å². The molecule has 0 rings (SSSR count). The number of ether oxygens (including phenoxy) is 4. The summed E-state index contributed by atoms with van der Waals surface area (Å²) in [7, 11) is 5.96. The van der Waals surface area contributed by atoms with E-state index >= 15 is 0 Å². The number of nitrogens with zero attached hydrogens (tertiary/aromatic N) is 1. The van der Waals surface area contributed by atoms with Gasteiger partial charge >= 0.3 is 17.9 Å². The second-order valence-corrected chi connectivity index (χ2v) is 20.9. The second-order valence-electron chi connectivity index (χ2n) is 20.9. The Morgan fingerprint density at radius 1 is 0.419 bits per heavy atom. The fraction of sp³-hybridized carbons (Fsp3) is 0.708. The number of rotatable bonds is 54. The van der Waals surface area contributed by atoms with Crippen molar-refractivity contribution in [1.29, 1.82) is 0 Å². The number of aliphatic carboxylic acids is 1. The summed E-state index contributed by atoms with van der Waals surface area (Å²) in [5.74, 6) is -2.02. The molecule has 2 atom stereocenters. The van der Waals surface area contributed by atoms with Crippen LogP contribution in [0.1, 0.15) is 239 Å². The molecular weight excluding hydrogens is 923 g/mol. The van der Waals surface area contributed by atoms with Crippen molar-refractivity contribution in [1.82, 2.24) is 0 Å². The standard InChI is InChI=1S/C65H111NO8/c1-6-8-10-12-14-16-18-20-22-24-26-27-28-29-30-31-32-33-34-35-36-37-38-40-42-44-46-48-50-52-54-56-63(68)74-61(60-73-65(64(69)70)71-58-57-66(3,4)5)59-72-62(67)55-53-51-49-47-45-43-41-39-25-23-21-19-17-15-13-11-9-7-2/h8,10,14,16,20,22-23,25-27,29-30,32-33,35-36,61,65H,6-7,9,11-13,15,17-19,21,24,28,31,34,37-60H2,1-5H3/p+1/b10-8-,16-14-,22-20-,25-23-,27-26-,30-29-,33-32-,36-35-. The minimum absolute atomic E-state index is 0.182. The summed E-state index contributed by atoms with van der Waals surface area (Å²) in [6.45, 7) is 4.75. The fourth-order valence-corrected chi connectivity index (χ4v) is 7.99. The smallest absolute Gasteiger partial charge is 0.361 e. The van der Waals surface area contributed by atoms with Gasteiger partial charge in [0.15, 0.2) is 6.10 Å². The zero-order valence-electron chi connectivity index (χ0n) is 48.2. The number of hydrogen-bond acceptors (Lipinski definition) is 7. The number of carboxylic acids is 1. The first-order valence-electron chi connectivity index (χ1n) is 29.9. The third-order valence-corrected chi connectivity index (χ3v) is 12.6. The molecule has 0 saturated heterocycles. The van der Waals surface area contributed by atoms with Gasteiger partial charge in [-0.3, -0.25) is 9.59 Å². The molecule has 0 aromatic heterocycles. The monoisotopic (exact) mass is 1030 g/mol. The van der Waals surface area contributed by atoms with E-state index in [0.717, 1.165) is 96.3 Å². The average molecular weight is 1040 g/mol. The number of hydrogen-bond donors (Lipinski definition) is 1. The molecule has 74 heavy (non-hydrogen) atoms. The predicted molar refractivity (Wildman–Crippen MR) is 313 cm³/mol. The summed E-state index contributed by atoms with van der Waals surface area (Å²) in [6.07, 6.45) is 72.0. The Kier molecular flexibility index (Phi) is 52.6.